The molecule has 1 aliphatic rings. The normalized spacial score (nSPS) is 24.1. The van der Waals surface area contributed by atoms with Crippen LogP contribution >= 0.6 is 0 Å². The standard InChI is InChI=1S/C25H28N6O6/c1-14(2)20(27)24(35)30-23-16-8-9-18(31(16)29-13-28-23)25(12-26)22(34)21(33)17(37-25)11-36-19(32)10-15-6-4-3-5-7-15/h3-9,13-14,17,20-22,33-34H,10-11,27H2,1-2H3,(H,28,29,30,35)/t17?,20-,21?,22?,25?/m0/s1. The van der Waals surface area contributed by atoms with Crippen molar-refractivity contribution in [1.29, 1.82) is 5.26 Å². The fourth-order valence-electron chi connectivity index (χ4n) is 4.12. The Hall–Kier alpha value is -3.89. The lowest BCUT2D eigenvalue weighted by Gasteiger charge is -2.24. The number of nitriles is 1. The lowest BCUT2D eigenvalue weighted by atomic mass is 9.92. The lowest BCUT2D eigenvalue weighted by molar-refractivity contribution is -0.149. The number of rotatable bonds is 8. The van der Waals surface area contributed by atoms with Crippen LogP contribution in [0.4, 0.5) is 5.82 Å². The maximum atomic E-state index is 12.5. The van der Waals surface area contributed by atoms with E-state index in [9.17, 15) is 25.1 Å². The molecule has 4 rings (SSSR count). The number of nitrogens with zero attached hydrogens (tertiary/aromatic N) is 4. The molecule has 0 bridgehead atoms. The average Bonchev–Trinajstić information content (AvgIpc) is 3.43. The highest BCUT2D eigenvalue weighted by Gasteiger charge is 2.57. The average molecular weight is 509 g/mol. The van der Waals surface area contributed by atoms with Crippen molar-refractivity contribution in [2.45, 2.75) is 50.2 Å². The second-order valence-electron chi connectivity index (χ2n) is 9.17. The number of aromatic nitrogens is 3. The van der Waals surface area contributed by atoms with Gasteiger partial charge in [-0.3, -0.25) is 9.59 Å². The highest BCUT2D eigenvalue weighted by atomic mass is 16.6. The number of amides is 1. The van der Waals surface area contributed by atoms with E-state index < -0.39 is 41.8 Å². The lowest BCUT2D eigenvalue weighted by Crippen LogP contribution is -2.41. The van der Waals surface area contributed by atoms with E-state index in [0.29, 0.717) is 5.52 Å². The summed E-state index contributed by atoms with van der Waals surface area (Å²) >= 11 is 0. The molecule has 12 nitrogen and oxygen atoms in total. The Morgan fingerprint density at radius 3 is 2.68 bits per heavy atom. The number of anilines is 1. The molecule has 3 aromatic rings. The number of aliphatic hydroxyl groups is 2. The van der Waals surface area contributed by atoms with Crippen LogP contribution in [0.25, 0.3) is 5.52 Å². The molecular formula is C25H28N6O6. The molecule has 5 N–H and O–H groups in total. The van der Waals surface area contributed by atoms with Crippen molar-refractivity contribution in [3.05, 3.63) is 60.0 Å². The van der Waals surface area contributed by atoms with E-state index >= 15 is 0 Å². The highest BCUT2D eigenvalue weighted by molar-refractivity contribution is 5.97. The van der Waals surface area contributed by atoms with Gasteiger partial charge < -0.3 is 30.7 Å². The number of esters is 1. The van der Waals surface area contributed by atoms with Gasteiger partial charge in [-0.1, -0.05) is 44.2 Å². The summed E-state index contributed by atoms with van der Waals surface area (Å²) in [7, 11) is 0. The van der Waals surface area contributed by atoms with Crippen LogP contribution in [-0.2, 0) is 31.1 Å². The van der Waals surface area contributed by atoms with Gasteiger partial charge in [-0.25, -0.2) is 9.50 Å². The summed E-state index contributed by atoms with van der Waals surface area (Å²) in [6, 6.07) is 13.2. The predicted molar refractivity (Wildman–Crippen MR) is 130 cm³/mol. The van der Waals surface area contributed by atoms with E-state index in [1.165, 1.54) is 16.9 Å². The Morgan fingerprint density at radius 2 is 2.00 bits per heavy atom. The zero-order valence-corrected chi connectivity index (χ0v) is 20.3. The van der Waals surface area contributed by atoms with E-state index in [4.69, 9.17) is 15.2 Å². The number of nitrogens with two attached hydrogens (primary N) is 1. The van der Waals surface area contributed by atoms with Crippen LogP contribution in [0.5, 0.6) is 0 Å². The Kier molecular flexibility index (Phi) is 7.51. The third kappa shape index (κ3) is 5.03. The molecule has 0 aliphatic carbocycles. The van der Waals surface area contributed by atoms with Crippen LogP contribution in [0.2, 0.25) is 0 Å². The Labute approximate surface area is 212 Å². The molecule has 12 heteroatoms. The van der Waals surface area contributed by atoms with Crippen molar-refractivity contribution in [3.63, 3.8) is 0 Å². The van der Waals surface area contributed by atoms with Crippen LogP contribution in [0.1, 0.15) is 25.1 Å². The van der Waals surface area contributed by atoms with Gasteiger partial charge in [-0.15, -0.1) is 0 Å². The van der Waals surface area contributed by atoms with Crippen molar-refractivity contribution >= 4 is 23.2 Å². The summed E-state index contributed by atoms with van der Waals surface area (Å²) < 4.78 is 12.4. The van der Waals surface area contributed by atoms with Crippen molar-refractivity contribution in [2.75, 3.05) is 11.9 Å². The summed E-state index contributed by atoms with van der Waals surface area (Å²) in [6.45, 7) is 3.25. The van der Waals surface area contributed by atoms with Gasteiger partial charge in [0.05, 0.1) is 18.2 Å². The third-order valence-electron chi connectivity index (χ3n) is 6.32. The summed E-state index contributed by atoms with van der Waals surface area (Å²) in [5.74, 6) is -0.954. The summed E-state index contributed by atoms with van der Waals surface area (Å²) in [4.78, 5) is 28.8. The van der Waals surface area contributed by atoms with Gasteiger partial charge in [0.2, 0.25) is 11.5 Å². The number of nitrogens with one attached hydrogen (secondary N) is 1. The summed E-state index contributed by atoms with van der Waals surface area (Å²) in [5, 5.41) is 38.4. The zero-order chi connectivity index (χ0) is 26.7. The molecule has 0 saturated carbocycles. The summed E-state index contributed by atoms with van der Waals surface area (Å²) in [6.07, 6.45) is -3.20. The van der Waals surface area contributed by atoms with Crippen molar-refractivity contribution in [1.82, 2.24) is 14.6 Å². The molecule has 1 saturated heterocycles. The van der Waals surface area contributed by atoms with Gasteiger partial charge in [0, 0.05) is 0 Å². The molecule has 3 heterocycles. The molecule has 0 radical (unpaired) electrons. The molecule has 1 aromatic carbocycles. The molecule has 4 unspecified atom stereocenters. The molecule has 2 aromatic heterocycles. The maximum Gasteiger partial charge on any atom is 0.310 e. The monoisotopic (exact) mass is 508 g/mol. The first-order valence-corrected chi connectivity index (χ1v) is 11.7. The van der Waals surface area contributed by atoms with Crippen molar-refractivity contribution < 1.29 is 29.3 Å². The fraction of sp³-hybridized carbons (Fsp3) is 0.400. The number of hydrogen-bond donors (Lipinski definition) is 4. The Balaban J connectivity index is 1.55. The molecule has 5 atom stereocenters. The minimum Gasteiger partial charge on any atom is -0.463 e. The van der Waals surface area contributed by atoms with E-state index in [0.717, 1.165) is 5.56 Å². The predicted octanol–water partition coefficient (Wildman–Crippen LogP) is 0.276. The molecule has 1 aliphatic heterocycles. The van der Waals surface area contributed by atoms with Crippen LogP contribution in [0, 0.1) is 17.2 Å². The number of aliphatic hydroxyl groups excluding tert-OH is 2. The van der Waals surface area contributed by atoms with Crippen LogP contribution in [0.15, 0.2) is 48.8 Å². The first kappa shape index (κ1) is 26.2. The van der Waals surface area contributed by atoms with Gasteiger partial charge in [0.25, 0.3) is 0 Å². The van der Waals surface area contributed by atoms with E-state index in [1.807, 2.05) is 26.0 Å². The largest absolute Gasteiger partial charge is 0.463 e. The summed E-state index contributed by atoms with van der Waals surface area (Å²) in [5.41, 5.74) is 5.05. The highest BCUT2D eigenvalue weighted by Crippen LogP contribution is 2.40. The fourth-order valence-corrected chi connectivity index (χ4v) is 4.12. The van der Waals surface area contributed by atoms with Gasteiger partial charge >= 0.3 is 5.97 Å². The minimum absolute atomic E-state index is 0.0187. The number of fused-ring (bicyclic) bond motifs is 1. The first-order valence-electron chi connectivity index (χ1n) is 11.7. The minimum atomic E-state index is -2.04. The van der Waals surface area contributed by atoms with Crippen LogP contribution in [-0.4, -0.2) is 67.6 Å². The molecule has 37 heavy (non-hydrogen) atoms. The van der Waals surface area contributed by atoms with Gasteiger partial charge in [0.1, 0.15) is 42.8 Å². The Morgan fingerprint density at radius 1 is 1.27 bits per heavy atom. The van der Waals surface area contributed by atoms with Crippen molar-refractivity contribution in [2.24, 2.45) is 11.7 Å². The Bertz CT molecular complexity index is 1320. The number of carbonyl (C=O) groups is 2. The molecule has 1 amide bonds. The second kappa shape index (κ2) is 10.6. The smallest absolute Gasteiger partial charge is 0.310 e. The van der Waals surface area contributed by atoms with Crippen LogP contribution < -0.4 is 11.1 Å². The first-order chi connectivity index (χ1) is 17.7. The third-order valence-corrected chi connectivity index (χ3v) is 6.32. The topological polar surface area (TPSA) is 185 Å². The zero-order valence-electron chi connectivity index (χ0n) is 20.3. The number of carbonyl (C=O) groups excluding carboxylic acids is 2. The van der Waals surface area contributed by atoms with E-state index in [1.54, 1.807) is 30.3 Å². The quantitative estimate of drug-likeness (QED) is 0.308. The molecule has 194 valence electrons. The van der Waals surface area contributed by atoms with Crippen molar-refractivity contribution in [3.8, 4) is 6.07 Å². The molecule has 0 spiro atoms. The molecule has 1 fully saturated rings. The molecular weight excluding hydrogens is 480 g/mol. The maximum absolute atomic E-state index is 12.5. The number of ether oxygens (including phenoxy) is 2. The number of hydrogen-bond acceptors (Lipinski definition) is 10. The van der Waals surface area contributed by atoms with Gasteiger partial charge in [0.15, 0.2) is 5.82 Å². The van der Waals surface area contributed by atoms with E-state index in [-0.39, 0.29) is 30.5 Å². The number of benzene rings is 1. The van der Waals surface area contributed by atoms with E-state index in [2.05, 4.69) is 15.4 Å². The second-order valence-corrected chi connectivity index (χ2v) is 9.17. The van der Waals surface area contributed by atoms with Gasteiger partial charge in [-0.2, -0.15) is 10.4 Å². The van der Waals surface area contributed by atoms with Gasteiger partial charge in [-0.05, 0) is 23.6 Å². The SMILES string of the molecule is CC(C)[C@H](N)C(=O)Nc1ncnn2c(C3(C#N)OC(COC(=O)Cc4ccccc4)C(O)C3O)ccc12. The van der Waals surface area contributed by atoms with Crippen LogP contribution in [0.3, 0.4) is 0 Å².